The van der Waals surface area contributed by atoms with Crippen molar-refractivity contribution in [3.63, 3.8) is 0 Å². The van der Waals surface area contributed by atoms with Crippen molar-refractivity contribution in [2.75, 3.05) is 60.4 Å². The van der Waals surface area contributed by atoms with Gasteiger partial charge in [0.25, 0.3) is 11.1 Å². The number of nitrogen functional groups attached to an aromatic ring is 5. The lowest BCUT2D eigenvalue weighted by Crippen LogP contribution is -2.25. The predicted molar refractivity (Wildman–Crippen MR) is 562 cm³/mol. The Hall–Kier alpha value is -16.2. The number of benzene rings is 6. The summed E-state index contributed by atoms with van der Waals surface area (Å²) >= 11 is 19.5. The summed E-state index contributed by atoms with van der Waals surface area (Å²) in [6.45, 7) is 2.67. The van der Waals surface area contributed by atoms with Crippen LogP contribution in [0.2, 0.25) is 15.1 Å². The van der Waals surface area contributed by atoms with Gasteiger partial charge in [0.05, 0.1) is 101 Å². The number of nitrogens with zero attached hydrogens (tertiary/aromatic N) is 23. The topological polar surface area (TPSA) is 441 Å². The molecule has 0 radical (unpaired) electrons. The first-order valence-corrected chi connectivity index (χ1v) is 48.5. The highest BCUT2D eigenvalue weighted by molar-refractivity contribution is 6.36. The van der Waals surface area contributed by atoms with E-state index in [2.05, 4.69) is 90.4 Å². The van der Waals surface area contributed by atoms with Crippen molar-refractivity contribution in [1.29, 1.82) is 0 Å². The molecule has 20 aromatic rings. The van der Waals surface area contributed by atoms with Gasteiger partial charge in [0.15, 0.2) is 17.5 Å². The van der Waals surface area contributed by atoms with Gasteiger partial charge in [-0.2, -0.15) is 20.4 Å². The second kappa shape index (κ2) is 39.6. The molecule has 1 saturated heterocycles. The van der Waals surface area contributed by atoms with Crippen LogP contribution in [0.3, 0.4) is 0 Å². The van der Waals surface area contributed by atoms with Crippen molar-refractivity contribution in [1.82, 2.24) is 119 Å². The Balaban J connectivity index is 0.000000105. The van der Waals surface area contributed by atoms with E-state index in [1.54, 1.807) is 57.2 Å². The van der Waals surface area contributed by atoms with Gasteiger partial charge in [0.1, 0.15) is 63.1 Å². The number of halogens is 3. The molecule has 0 bridgehead atoms. The Morgan fingerprint density at radius 2 is 0.817 bits per heavy atom. The highest BCUT2D eigenvalue weighted by atomic mass is 35.5. The summed E-state index contributed by atoms with van der Waals surface area (Å²) in [6.07, 6.45) is 30.7. The first-order chi connectivity index (χ1) is 69.1. The molecule has 142 heavy (non-hydrogen) atoms. The molecule has 1 aliphatic heterocycles. The smallest absolute Gasteiger partial charge is 0.256 e. The van der Waals surface area contributed by atoms with Gasteiger partial charge in [0, 0.05) is 174 Å². The first-order valence-electron chi connectivity index (χ1n) is 47.3. The Morgan fingerprint density at radius 1 is 0.359 bits per heavy atom. The molecule has 4 saturated carbocycles. The van der Waals surface area contributed by atoms with Crippen LogP contribution in [0.5, 0.6) is 0 Å². The van der Waals surface area contributed by atoms with E-state index >= 15 is 0 Å². The molecular formula is C107H99Cl3N30O2. The summed E-state index contributed by atoms with van der Waals surface area (Å²) in [7, 11) is 7.72. The Labute approximate surface area is 830 Å². The molecule has 0 atom stereocenters. The van der Waals surface area contributed by atoms with Crippen molar-refractivity contribution < 1.29 is 0 Å². The molecule has 0 spiro atoms. The maximum atomic E-state index is 12.4. The number of H-pyrrole nitrogens is 2. The SMILES string of the molecule is CN1CCN(c2nc(-c3ccc4ncccc4c3)c(-c3ccccc3)nc2N)C1.Cn1ccc(-c2nc(N)c(C3CC3)nc2-c2cc(Cl)c3ncccc3c2)n1.Cn1ccc(-c2nc(N)c(C3CCCC3)nc2-c2cc(Cl)c3[nH]ncc3c2)n1.Cn1ccc(-c2nc(N)c(C3CCCCC3)nc2-c2ccc3c(=O)[nH]ccc3c2)n1.Nc1nc(-n2ccccc2=O)c(-c2cc(Cl)c3ncccc3c2)nc1C1CC1. The summed E-state index contributed by atoms with van der Waals surface area (Å²) < 4.78 is 6.68. The van der Waals surface area contributed by atoms with E-state index in [1.165, 1.54) is 42.7 Å². The van der Waals surface area contributed by atoms with E-state index < -0.39 is 0 Å². The van der Waals surface area contributed by atoms with E-state index in [4.69, 9.17) is 103 Å². The zero-order chi connectivity index (χ0) is 97.5. The van der Waals surface area contributed by atoms with Gasteiger partial charge in [-0.1, -0.05) is 134 Å². The number of aromatic amines is 2. The van der Waals surface area contributed by atoms with Gasteiger partial charge in [0.2, 0.25) is 0 Å². The van der Waals surface area contributed by atoms with Crippen LogP contribution in [0, 0.1) is 0 Å². The quantitative estimate of drug-likeness (QED) is 0.0501. The molecule has 5 aliphatic rings. The van der Waals surface area contributed by atoms with Gasteiger partial charge >= 0.3 is 0 Å². The second-order valence-corrected chi connectivity index (χ2v) is 37.7. The minimum atomic E-state index is -0.204. The van der Waals surface area contributed by atoms with Crippen LogP contribution in [-0.4, -0.2) is 146 Å². The number of anilines is 6. The number of hydrogen-bond donors (Lipinski definition) is 7. The molecule has 5 fully saturated rings. The van der Waals surface area contributed by atoms with Gasteiger partial charge < -0.3 is 38.6 Å². The molecule has 0 amide bonds. The average molecular weight is 1940 g/mol. The molecule has 14 aromatic heterocycles. The highest BCUT2D eigenvalue weighted by Gasteiger charge is 2.34. The molecule has 710 valence electrons. The molecule has 4 aliphatic carbocycles. The zero-order valence-corrected chi connectivity index (χ0v) is 80.5. The van der Waals surface area contributed by atoms with Crippen LogP contribution in [0.1, 0.15) is 130 Å². The number of fused-ring (bicyclic) bond motifs is 5. The van der Waals surface area contributed by atoms with E-state index in [-0.39, 0.29) is 11.1 Å². The summed E-state index contributed by atoms with van der Waals surface area (Å²) in [5.74, 6) is 4.85. The minimum absolute atomic E-state index is 0.102. The van der Waals surface area contributed by atoms with E-state index in [9.17, 15) is 9.59 Å². The van der Waals surface area contributed by atoms with Crippen LogP contribution in [0.15, 0.2) is 247 Å². The van der Waals surface area contributed by atoms with Crippen LogP contribution in [0.4, 0.5) is 34.9 Å². The minimum Gasteiger partial charge on any atom is -0.382 e. The van der Waals surface area contributed by atoms with Crippen molar-refractivity contribution in [3.05, 3.63) is 296 Å². The molecule has 0 unspecified atom stereocenters. The van der Waals surface area contributed by atoms with Crippen LogP contribution >= 0.6 is 34.8 Å². The van der Waals surface area contributed by atoms with Gasteiger partial charge in [-0.25, -0.2) is 49.8 Å². The Bertz CT molecular complexity index is 8320. The fraction of sp³-hybridized carbons (Fsp3) is 0.224. The first kappa shape index (κ1) is 92.2. The fourth-order valence-electron chi connectivity index (χ4n) is 18.9. The number of pyridine rings is 5. The third kappa shape index (κ3) is 19.3. The van der Waals surface area contributed by atoms with Crippen molar-refractivity contribution in [2.24, 2.45) is 21.1 Å². The summed E-state index contributed by atoms with van der Waals surface area (Å²) in [5, 5.41) is 27.6. The number of hydrogen-bond acceptors (Lipinski definition) is 26. The Kier molecular flexibility index (Phi) is 25.7. The molecule has 6 aromatic carbocycles. The summed E-state index contributed by atoms with van der Waals surface area (Å²) in [6, 6.07) is 57.9. The lowest BCUT2D eigenvalue weighted by molar-refractivity contribution is 0.420. The van der Waals surface area contributed by atoms with Crippen molar-refractivity contribution >= 4 is 124 Å². The summed E-state index contributed by atoms with van der Waals surface area (Å²) in [5.41, 5.74) is 52.0. The average Bonchev–Trinajstić information content (AvgIpc) is 1.50. The van der Waals surface area contributed by atoms with Gasteiger partial charge in [-0.15, -0.1) is 0 Å². The van der Waals surface area contributed by atoms with Gasteiger partial charge in [-0.3, -0.25) is 53.2 Å². The molecule has 32 nitrogen and oxygen atoms in total. The maximum absolute atomic E-state index is 12.4. The molecule has 15 heterocycles. The maximum Gasteiger partial charge on any atom is 0.256 e. The third-order valence-electron chi connectivity index (χ3n) is 26.3. The molecule has 12 N–H and O–H groups in total. The molecule has 35 heteroatoms. The number of aryl methyl sites for hydroxylation is 3. The zero-order valence-electron chi connectivity index (χ0n) is 78.3. The molecular weight excluding hydrogens is 1840 g/mol. The van der Waals surface area contributed by atoms with E-state index in [0.717, 1.165) is 228 Å². The highest BCUT2D eigenvalue weighted by Crippen LogP contribution is 2.48. The third-order valence-corrected chi connectivity index (χ3v) is 27.2. The van der Waals surface area contributed by atoms with Crippen molar-refractivity contribution in [2.45, 2.75) is 107 Å². The summed E-state index contributed by atoms with van der Waals surface area (Å²) in [4.78, 5) is 93.3. The number of likely N-dealkylation sites (N-methyl/N-ethyl adjacent to an activating group) is 1. The fourth-order valence-corrected chi connectivity index (χ4v) is 19.7. The normalized spacial score (nSPS) is 14.5. The van der Waals surface area contributed by atoms with Crippen LogP contribution in [0.25, 0.3) is 162 Å². The number of nitrogens with one attached hydrogen (secondary N) is 2. The second-order valence-electron chi connectivity index (χ2n) is 36.5. The lowest BCUT2D eigenvalue weighted by atomic mass is 9.86. The monoisotopic (exact) mass is 1940 g/mol. The van der Waals surface area contributed by atoms with E-state index in [0.29, 0.717) is 102 Å². The predicted octanol–water partition coefficient (Wildman–Crippen LogP) is 20.1. The van der Waals surface area contributed by atoms with Crippen LogP contribution in [-0.2, 0) is 21.1 Å². The van der Waals surface area contributed by atoms with Crippen LogP contribution < -0.4 is 44.7 Å². The van der Waals surface area contributed by atoms with Gasteiger partial charge in [-0.05, 0) is 173 Å². The standard InChI is InChI=1S/C23H24N6O.C23H22N6.C21H16ClN5O.C20H20ClN7.C20H17ClN6/c1-29-12-10-18(28-29)21-19(16-7-8-17-15(13-16)9-11-25-23(17)30)26-20(22(24)27-21)14-5-3-2-4-6-14;1-28-12-13-29(15-28)23-22(24)26-20(16-6-3-2-4-7-16)21(27-23)18-9-10-19-17(14-18)8-5-11-25-19;22-15-11-14(10-13-4-3-8-24-17(13)15)19-21(27-9-2-1-5-16(27)28)26-20(23)18(25-19)12-6-7-12;1-28-7-6-15(27-28)19-17(12-8-13-10-23-26-16(13)14(21)9-12)24-18(20(22)25-19)11-4-2-3-5-11;1-27-8-6-15(26-27)19-17(24-18(11-4-5-11)20(22)25-19)13-9-12-3-2-7-23-16(12)14(21)10-13/h7-14H,2-6H2,1H3,(H2,24,27)(H,25,30);2-11,14H,12-13,15H2,1H3,(H2,24,26);1-5,8-12H,6-7H2,(H2,23,26);6-11H,2-5H2,1H3,(H2,22,25)(H,23,26);2-3,6-11H,4-5H2,1H3,(H2,22,25). The number of nitrogens with two attached hydrogens (primary N) is 5. The number of aromatic nitrogens is 23. The van der Waals surface area contributed by atoms with Crippen molar-refractivity contribution in [3.8, 4) is 108 Å². The lowest BCUT2D eigenvalue weighted by Gasteiger charge is -2.23. The Morgan fingerprint density at radius 3 is 1.35 bits per heavy atom. The van der Waals surface area contributed by atoms with E-state index in [1.807, 2.05) is 192 Å². The number of rotatable bonds is 15. The largest absolute Gasteiger partial charge is 0.382 e. The molecule has 25 rings (SSSR count).